The molecule has 0 saturated carbocycles. The Morgan fingerprint density at radius 1 is 0.745 bits per heavy atom. The van der Waals surface area contributed by atoms with Crippen LogP contribution < -0.4 is 31.9 Å². The Morgan fingerprint density at radius 3 is 1.76 bits per heavy atom. The van der Waals surface area contributed by atoms with Crippen LogP contribution in [-0.4, -0.2) is 129 Å². The van der Waals surface area contributed by atoms with Crippen LogP contribution in [0.2, 0.25) is 0 Å². The van der Waals surface area contributed by atoms with E-state index in [4.69, 9.17) is 5.11 Å². The molecular formula is C35H55N7O12S. The average Bonchev–Trinajstić information content (AvgIpc) is 3.60. The molecule has 0 spiro atoms. The first kappa shape index (κ1) is 48.0. The third kappa shape index (κ3) is 16.1. The van der Waals surface area contributed by atoms with E-state index in [1.165, 1.54) is 22.7 Å². The quantitative estimate of drug-likeness (QED) is 0.0432. The first-order chi connectivity index (χ1) is 25.7. The lowest BCUT2D eigenvalue weighted by molar-refractivity contribution is -0.144. The van der Waals surface area contributed by atoms with Gasteiger partial charge < -0.3 is 47.0 Å². The van der Waals surface area contributed by atoms with Gasteiger partial charge in [-0.15, -0.1) is 18.3 Å². The highest BCUT2D eigenvalue weighted by Gasteiger charge is 2.41. The molecule has 0 aliphatic carbocycles. The Labute approximate surface area is 324 Å². The summed E-state index contributed by atoms with van der Waals surface area (Å²) >= 11 is 1.28. The summed E-state index contributed by atoms with van der Waals surface area (Å²) in [6.07, 6.45) is 0.244. The number of thioether (sulfide) groups is 1. The van der Waals surface area contributed by atoms with Gasteiger partial charge in [-0.2, -0.15) is 0 Å². The van der Waals surface area contributed by atoms with Gasteiger partial charge in [0.25, 0.3) is 5.91 Å². The van der Waals surface area contributed by atoms with Crippen molar-refractivity contribution < 1.29 is 58.2 Å². The first-order valence-electron chi connectivity index (χ1n) is 18.0. The van der Waals surface area contributed by atoms with Crippen molar-refractivity contribution in [2.24, 2.45) is 11.8 Å². The van der Waals surface area contributed by atoms with Crippen molar-refractivity contribution in [2.45, 2.75) is 116 Å². The molecule has 1 aliphatic heterocycles. The van der Waals surface area contributed by atoms with Crippen molar-refractivity contribution in [3.8, 4) is 0 Å². The molecule has 0 aromatic carbocycles. The maximum atomic E-state index is 14.0. The van der Waals surface area contributed by atoms with E-state index in [9.17, 15) is 53.1 Å². The number of Topliss-reactive ketones (excluding diaryl/α,β-unsaturated/α-hetero) is 1. The predicted molar refractivity (Wildman–Crippen MR) is 200 cm³/mol. The van der Waals surface area contributed by atoms with E-state index < -0.39 is 126 Å². The summed E-state index contributed by atoms with van der Waals surface area (Å²) in [6.45, 7) is 13.0. The lowest BCUT2D eigenvalue weighted by Gasteiger charge is -2.32. The zero-order valence-electron chi connectivity index (χ0n) is 32.1. The van der Waals surface area contributed by atoms with Gasteiger partial charge in [0.2, 0.25) is 41.2 Å². The Morgan fingerprint density at radius 2 is 1.27 bits per heavy atom. The first-order valence-corrected chi connectivity index (χ1v) is 19.1. The Bertz CT molecular complexity index is 1460. The largest absolute Gasteiger partial charge is 0.481 e. The molecule has 0 aromatic rings. The molecule has 1 aliphatic rings. The van der Waals surface area contributed by atoms with Crippen LogP contribution in [0.1, 0.15) is 80.1 Å². The minimum Gasteiger partial charge on any atom is -0.481 e. The molecule has 20 heteroatoms. The summed E-state index contributed by atoms with van der Waals surface area (Å²) in [5.41, 5.74) is 0. The smallest absolute Gasteiger partial charge is 0.303 e. The highest BCUT2D eigenvalue weighted by Crippen LogP contribution is 2.24. The third-order valence-electron chi connectivity index (χ3n) is 8.41. The van der Waals surface area contributed by atoms with E-state index in [2.05, 4.69) is 38.5 Å². The molecule has 0 bridgehead atoms. The minimum absolute atomic E-state index is 0.0565. The van der Waals surface area contributed by atoms with Crippen LogP contribution in [0.15, 0.2) is 12.7 Å². The highest BCUT2D eigenvalue weighted by atomic mass is 32.2. The zero-order valence-corrected chi connectivity index (χ0v) is 32.9. The molecule has 1 rings (SSSR count). The van der Waals surface area contributed by atoms with Crippen LogP contribution in [0.3, 0.4) is 0 Å². The molecule has 0 aromatic heterocycles. The normalized spacial score (nSPS) is 16.4. The molecule has 8 N–H and O–H groups in total. The Hall–Kier alpha value is -5.01. The van der Waals surface area contributed by atoms with Crippen LogP contribution in [0.5, 0.6) is 0 Å². The molecule has 5 unspecified atom stereocenters. The molecule has 55 heavy (non-hydrogen) atoms. The Kier molecular flexibility index (Phi) is 20.7. The van der Waals surface area contributed by atoms with Crippen LogP contribution in [-0.2, 0) is 47.9 Å². The number of nitrogens with one attached hydrogen (secondary N) is 6. The van der Waals surface area contributed by atoms with Gasteiger partial charge in [0.15, 0.2) is 0 Å². The number of carboxylic acids is 2. The molecular weight excluding hydrogens is 742 g/mol. The topological polar surface area (TPSA) is 287 Å². The lowest BCUT2D eigenvalue weighted by Crippen LogP contribution is -2.61. The van der Waals surface area contributed by atoms with Gasteiger partial charge in [-0.3, -0.25) is 47.9 Å². The fourth-order valence-electron chi connectivity index (χ4n) is 5.43. The number of hydrogen-bond acceptors (Lipinski definition) is 11. The number of nitrogens with zero attached hydrogens (tertiary/aromatic N) is 1. The molecule has 0 radical (unpaired) electrons. The molecule has 6 atom stereocenters. The summed E-state index contributed by atoms with van der Waals surface area (Å²) in [7, 11) is 0. The molecule has 1 heterocycles. The predicted octanol–water partition coefficient (Wildman–Crippen LogP) is -0.955. The minimum atomic E-state index is -1.52. The molecule has 7 amide bonds. The number of aliphatic carboxylic acids is 2. The summed E-state index contributed by atoms with van der Waals surface area (Å²) < 4.78 is 0. The van der Waals surface area contributed by atoms with Gasteiger partial charge in [0.05, 0.1) is 11.9 Å². The molecule has 1 fully saturated rings. The van der Waals surface area contributed by atoms with Crippen molar-refractivity contribution in [1.29, 1.82) is 0 Å². The van der Waals surface area contributed by atoms with Crippen molar-refractivity contribution in [3.05, 3.63) is 12.7 Å². The maximum absolute atomic E-state index is 14.0. The van der Waals surface area contributed by atoms with E-state index >= 15 is 0 Å². The molecule has 19 nitrogen and oxygen atoms in total. The number of hydrogen-bond donors (Lipinski definition) is 8. The second kappa shape index (κ2) is 23.7. The lowest BCUT2D eigenvalue weighted by atomic mass is 9.98. The summed E-state index contributed by atoms with van der Waals surface area (Å²) in [5.74, 6) is -9.70. The average molecular weight is 798 g/mol. The fourth-order valence-corrected chi connectivity index (χ4v) is 6.59. The summed E-state index contributed by atoms with van der Waals surface area (Å²) in [5, 5.41) is 33.2. The van der Waals surface area contributed by atoms with E-state index in [0.717, 1.165) is 6.92 Å². The molecule has 1 saturated heterocycles. The monoisotopic (exact) mass is 797 g/mol. The van der Waals surface area contributed by atoms with Crippen molar-refractivity contribution in [3.63, 3.8) is 0 Å². The van der Waals surface area contributed by atoms with Crippen LogP contribution >= 0.6 is 11.8 Å². The van der Waals surface area contributed by atoms with E-state index in [-0.39, 0.29) is 31.0 Å². The van der Waals surface area contributed by atoms with Gasteiger partial charge in [-0.1, -0.05) is 47.1 Å². The number of ketones is 1. The summed E-state index contributed by atoms with van der Waals surface area (Å²) in [4.78, 5) is 128. The van der Waals surface area contributed by atoms with Crippen LogP contribution in [0.25, 0.3) is 0 Å². The van der Waals surface area contributed by atoms with Crippen LogP contribution in [0.4, 0.5) is 0 Å². The van der Waals surface area contributed by atoms with Crippen LogP contribution in [0, 0.1) is 11.8 Å². The fraction of sp³-hybridized carbons (Fsp3) is 0.657. The van der Waals surface area contributed by atoms with E-state index in [1.807, 2.05) is 0 Å². The van der Waals surface area contributed by atoms with Gasteiger partial charge >= 0.3 is 11.9 Å². The van der Waals surface area contributed by atoms with E-state index in [1.54, 1.807) is 34.6 Å². The third-order valence-corrected chi connectivity index (χ3v) is 9.42. The second-order valence-electron chi connectivity index (χ2n) is 13.7. The molecule has 308 valence electrons. The zero-order chi connectivity index (χ0) is 42.0. The number of amides is 7. The SMILES string of the molecule is C=CCNC(=O)C(=O)C(CCC)NC(=O)[C@@H]1CSCN1C(=O)C(NC(=O)C(NC(=O)C(CCC(=O)O)NC(=O)C(CCC(=O)O)NC(C)=O)C(C)C)C(C)C. The highest BCUT2D eigenvalue weighted by molar-refractivity contribution is 7.99. The number of carbonyl (C=O) groups excluding carboxylic acids is 8. The van der Waals surface area contributed by atoms with E-state index in [0.29, 0.717) is 6.42 Å². The standard InChI is InChI=1S/C35H55N7O12S/c1-8-10-21(29(48)34(53)36-15-9-2)38-32(51)24-16-55-17-42(24)35(54)28(19(5)6)41-33(52)27(18(3)4)40-31(50)23(12-14-26(46)47)39-30(49)22(37-20(7)43)11-13-25(44)45/h9,18-19,21-24,27-28H,2,8,10-17H2,1,3-7H3,(H,36,53)(H,37,43)(H,38,51)(H,39,49)(H,40,50)(H,41,52)(H,44,45)(H,46,47)/t21?,22?,23?,24-,27?,28?/m0/s1. The Balaban J connectivity index is 3.22. The summed E-state index contributed by atoms with van der Waals surface area (Å²) in [6, 6.07) is -7.53. The van der Waals surface area contributed by atoms with Crippen molar-refractivity contribution in [1.82, 2.24) is 36.8 Å². The van der Waals surface area contributed by atoms with Crippen molar-refractivity contribution in [2.75, 3.05) is 18.2 Å². The number of rotatable bonds is 24. The maximum Gasteiger partial charge on any atom is 0.303 e. The van der Waals surface area contributed by atoms with Crippen molar-refractivity contribution >= 4 is 70.8 Å². The number of carbonyl (C=O) groups is 10. The van der Waals surface area contributed by atoms with Gasteiger partial charge in [0.1, 0.15) is 30.2 Å². The van der Waals surface area contributed by atoms with Gasteiger partial charge in [-0.25, -0.2) is 0 Å². The second-order valence-corrected chi connectivity index (χ2v) is 14.7. The van der Waals surface area contributed by atoms with Gasteiger partial charge in [-0.05, 0) is 31.1 Å². The van der Waals surface area contributed by atoms with Gasteiger partial charge in [0, 0.05) is 32.1 Å². The number of carboxylic acid groups (broad SMARTS) is 2.